The van der Waals surface area contributed by atoms with Crippen LogP contribution in [0.3, 0.4) is 0 Å². The Morgan fingerprint density at radius 1 is 1.00 bits per heavy atom. The van der Waals surface area contributed by atoms with Crippen LogP contribution in [-0.4, -0.2) is 60.5 Å². The average molecular weight is 438 g/mol. The van der Waals surface area contributed by atoms with Crippen LogP contribution in [0.25, 0.3) is 0 Å². The molecule has 2 aliphatic rings. The van der Waals surface area contributed by atoms with Crippen LogP contribution in [0.4, 0.5) is 31.1 Å². The number of hydrogen-bond donors (Lipinski definition) is 0. The lowest BCUT2D eigenvalue weighted by Crippen LogP contribution is -2.50. The number of carbonyl (C=O) groups is 1. The van der Waals surface area contributed by atoms with Crippen molar-refractivity contribution < 1.29 is 35.9 Å². The molecule has 0 atom stereocenters. The Balaban J connectivity index is 1.53. The van der Waals surface area contributed by atoms with Crippen molar-refractivity contribution in [3.63, 3.8) is 0 Å². The van der Waals surface area contributed by atoms with Gasteiger partial charge in [0.1, 0.15) is 0 Å². The highest BCUT2D eigenvalue weighted by Crippen LogP contribution is 2.41. The smallest absolute Gasteiger partial charge is 0.426 e. The molecule has 0 N–H and O–H groups in total. The van der Waals surface area contributed by atoms with Gasteiger partial charge in [-0.05, 0) is 43.7 Å². The maximum Gasteiger partial charge on any atom is 0.434 e. The predicted octanol–water partition coefficient (Wildman–Crippen LogP) is 4.91. The van der Waals surface area contributed by atoms with Gasteiger partial charge in [-0.2, -0.15) is 26.3 Å². The average Bonchev–Trinajstić information content (AvgIpc) is 3.02. The van der Waals surface area contributed by atoms with E-state index in [1.807, 2.05) is 19.1 Å². The van der Waals surface area contributed by atoms with Crippen LogP contribution in [0.1, 0.15) is 30.4 Å². The molecule has 0 unspecified atom stereocenters. The lowest BCUT2D eigenvalue weighted by molar-refractivity contribution is -0.308. The third kappa shape index (κ3) is 5.39. The van der Waals surface area contributed by atoms with Crippen LogP contribution in [0.2, 0.25) is 0 Å². The number of nitrogens with zero attached hydrogens (tertiary/aromatic N) is 2. The monoisotopic (exact) mass is 438 g/mol. The highest BCUT2D eigenvalue weighted by Gasteiger charge is 2.60. The largest absolute Gasteiger partial charge is 0.434 e. The Kier molecular flexibility index (Phi) is 6.27. The molecule has 0 aromatic heterocycles. The van der Waals surface area contributed by atoms with Crippen molar-refractivity contribution in [2.24, 2.45) is 5.41 Å². The van der Waals surface area contributed by atoms with E-state index in [-0.39, 0.29) is 18.5 Å². The Labute approximate surface area is 170 Å². The van der Waals surface area contributed by atoms with E-state index in [0.29, 0.717) is 12.8 Å². The Hall–Kier alpha value is -1.97. The molecule has 4 nitrogen and oxygen atoms in total. The molecule has 0 aliphatic carbocycles. The fraction of sp³-hybridized carbons (Fsp3) is 0.650. The normalized spacial score (nSPS) is 20.2. The zero-order valence-electron chi connectivity index (χ0n) is 16.5. The van der Waals surface area contributed by atoms with E-state index >= 15 is 0 Å². The molecule has 0 bridgehead atoms. The van der Waals surface area contributed by atoms with E-state index in [9.17, 15) is 31.1 Å². The number of benzene rings is 1. The molecule has 10 heteroatoms. The summed E-state index contributed by atoms with van der Waals surface area (Å²) >= 11 is 0. The van der Waals surface area contributed by atoms with Crippen LogP contribution in [0.15, 0.2) is 24.3 Å². The SMILES string of the molecule is Cc1ccc(CN2CCC3(CCN(C(=O)OC(C(F)(F)F)C(F)(F)F)CC3)C2)cc1. The molecular weight excluding hydrogens is 414 g/mol. The summed E-state index contributed by atoms with van der Waals surface area (Å²) in [6.07, 6.45) is -15.1. The number of aryl methyl sites for hydroxylation is 1. The second kappa shape index (κ2) is 8.28. The molecule has 3 rings (SSSR count). The van der Waals surface area contributed by atoms with Crippen molar-refractivity contribution in [3.8, 4) is 0 Å². The fourth-order valence-electron chi connectivity index (χ4n) is 4.18. The first kappa shape index (κ1) is 22.7. The van der Waals surface area contributed by atoms with Crippen LogP contribution in [0.5, 0.6) is 0 Å². The standard InChI is InChI=1S/C20H24F6N2O2/c1-14-2-4-15(5-3-14)12-27-9-6-18(13-27)7-10-28(11-8-18)17(29)30-16(19(21,22)23)20(24,25)26/h2-5,16H,6-13H2,1H3. The first-order chi connectivity index (χ1) is 13.9. The summed E-state index contributed by atoms with van der Waals surface area (Å²) in [5, 5.41) is 0. The maximum atomic E-state index is 12.6. The summed E-state index contributed by atoms with van der Waals surface area (Å²) in [5.41, 5.74) is 2.28. The number of halogens is 6. The first-order valence-corrected chi connectivity index (χ1v) is 9.75. The summed E-state index contributed by atoms with van der Waals surface area (Å²) in [7, 11) is 0. The third-order valence-electron chi connectivity index (χ3n) is 5.94. The van der Waals surface area contributed by atoms with Gasteiger partial charge in [0, 0.05) is 26.2 Å². The molecule has 2 aliphatic heterocycles. The molecular formula is C20H24F6N2O2. The quantitative estimate of drug-likeness (QED) is 0.629. The summed E-state index contributed by atoms with van der Waals surface area (Å²) in [6.45, 7) is 4.62. The van der Waals surface area contributed by atoms with Crippen LogP contribution >= 0.6 is 0 Å². The number of ether oxygens (including phenoxy) is 1. The predicted molar refractivity (Wildman–Crippen MR) is 96.7 cm³/mol. The molecule has 168 valence electrons. The highest BCUT2D eigenvalue weighted by molar-refractivity contribution is 5.68. The zero-order chi connectivity index (χ0) is 22.2. The topological polar surface area (TPSA) is 32.8 Å². The fourth-order valence-corrected chi connectivity index (χ4v) is 4.18. The molecule has 2 saturated heterocycles. The summed E-state index contributed by atoms with van der Waals surface area (Å²) < 4.78 is 79.4. The van der Waals surface area contributed by atoms with E-state index in [2.05, 4.69) is 21.8 Å². The van der Waals surface area contributed by atoms with Crippen LogP contribution in [0, 0.1) is 12.3 Å². The molecule has 2 fully saturated rings. The first-order valence-electron chi connectivity index (χ1n) is 9.75. The minimum Gasteiger partial charge on any atom is -0.426 e. The van der Waals surface area contributed by atoms with E-state index < -0.39 is 24.5 Å². The van der Waals surface area contributed by atoms with Gasteiger partial charge in [0.05, 0.1) is 0 Å². The van der Waals surface area contributed by atoms with Crippen LogP contribution in [-0.2, 0) is 11.3 Å². The molecule has 0 saturated carbocycles. The zero-order valence-corrected chi connectivity index (χ0v) is 16.5. The van der Waals surface area contributed by atoms with Gasteiger partial charge in [0.15, 0.2) is 0 Å². The van der Waals surface area contributed by atoms with E-state index in [1.54, 1.807) is 0 Å². The van der Waals surface area contributed by atoms with Gasteiger partial charge in [0.2, 0.25) is 0 Å². The Morgan fingerprint density at radius 3 is 2.07 bits per heavy atom. The maximum absolute atomic E-state index is 12.6. The van der Waals surface area contributed by atoms with Crippen molar-refractivity contribution >= 4 is 6.09 Å². The van der Waals surface area contributed by atoms with Crippen molar-refractivity contribution in [1.29, 1.82) is 0 Å². The number of piperidine rings is 1. The van der Waals surface area contributed by atoms with Gasteiger partial charge in [-0.1, -0.05) is 29.8 Å². The second-order valence-corrected chi connectivity index (χ2v) is 8.28. The summed E-state index contributed by atoms with van der Waals surface area (Å²) in [6, 6.07) is 8.22. The summed E-state index contributed by atoms with van der Waals surface area (Å²) in [5.74, 6) is 0. The van der Waals surface area contributed by atoms with Gasteiger partial charge < -0.3 is 9.64 Å². The number of rotatable bonds is 3. The van der Waals surface area contributed by atoms with E-state index in [0.717, 1.165) is 31.0 Å². The number of alkyl halides is 6. The Bertz CT molecular complexity index is 725. The van der Waals surface area contributed by atoms with Crippen molar-refractivity contribution in [2.45, 2.75) is 51.2 Å². The molecule has 1 spiro atoms. The van der Waals surface area contributed by atoms with E-state index in [4.69, 9.17) is 0 Å². The molecule has 1 aromatic rings. The van der Waals surface area contributed by atoms with Gasteiger partial charge in [-0.15, -0.1) is 0 Å². The van der Waals surface area contributed by atoms with Gasteiger partial charge in [-0.3, -0.25) is 4.90 Å². The number of likely N-dealkylation sites (tertiary alicyclic amines) is 2. The minimum absolute atomic E-state index is 0.0745. The number of hydrogen-bond acceptors (Lipinski definition) is 3. The van der Waals surface area contributed by atoms with E-state index in [1.165, 1.54) is 11.1 Å². The Morgan fingerprint density at radius 2 is 1.53 bits per heavy atom. The molecule has 1 amide bonds. The molecule has 2 heterocycles. The number of carbonyl (C=O) groups excluding carboxylic acids is 1. The number of amides is 1. The van der Waals surface area contributed by atoms with Crippen molar-refractivity contribution in [2.75, 3.05) is 26.2 Å². The van der Waals surface area contributed by atoms with Gasteiger partial charge in [0.25, 0.3) is 6.10 Å². The molecule has 0 radical (unpaired) electrons. The lowest BCUT2D eigenvalue weighted by atomic mass is 9.78. The third-order valence-corrected chi connectivity index (χ3v) is 5.94. The lowest BCUT2D eigenvalue weighted by Gasteiger charge is -2.39. The molecule has 1 aromatic carbocycles. The summed E-state index contributed by atoms with van der Waals surface area (Å²) in [4.78, 5) is 15.2. The van der Waals surface area contributed by atoms with Gasteiger partial charge >= 0.3 is 18.4 Å². The minimum atomic E-state index is -5.70. The van der Waals surface area contributed by atoms with Crippen LogP contribution < -0.4 is 0 Å². The van der Waals surface area contributed by atoms with Crippen molar-refractivity contribution in [1.82, 2.24) is 9.80 Å². The molecule has 30 heavy (non-hydrogen) atoms. The second-order valence-electron chi connectivity index (χ2n) is 8.28. The highest BCUT2D eigenvalue weighted by atomic mass is 19.4. The van der Waals surface area contributed by atoms with Crippen molar-refractivity contribution in [3.05, 3.63) is 35.4 Å². The van der Waals surface area contributed by atoms with Gasteiger partial charge in [-0.25, -0.2) is 4.79 Å².